The Bertz CT molecular complexity index is 2700. The first-order chi connectivity index (χ1) is 26.2. The van der Waals surface area contributed by atoms with Gasteiger partial charge in [0.05, 0.1) is 5.69 Å². The molecule has 0 fully saturated rings. The van der Waals surface area contributed by atoms with Crippen molar-refractivity contribution in [2.24, 2.45) is 0 Å². The van der Waals surface area contributed by atoms with E-state index < -0.39 is 0 Å². The van der Waals surface area contributed by atoms with Crippen molar-refractivity contribution < 1.29 is 0 Å². The van der Waals surface area contributed by atoms with E-state index in [1.165, 1.54) is 65.7 Å². The Balaban J connectivity index is 1.21. The van der Waals surface area contributed by atoms with Gasteiger partial charge in [0, 0.05) is 11.8 Å². The summed E-state index contributed by atoms with van der Waals surface area (Å²) in [6.45, 7) is 4.36. The van der Waals surface area contributed by atoms with E-state index in [0.29, 0.717) is 0 Å². The van der Waals surface area contributed by atoms with Crippen molar-refractivity contribution >= 4 is 43.5 Å². The van der Waals surface area contributed by atoms with Gasteiger partial charge in [-0.3, -0.25) is 4.98 Å². The molecular formula is C52H39N. The molecule has 9 rings (SSSR count). The minimum absolute atomic E-state index is 0.893. The standard InChI is InChI=1S/C52H39N/c1-36-18-7-4-2-3-5-10-23-41(36)50-35-39(32-33-53-50)38-21-15-22-40(34-38)51-46-24-11-13-26-48(46)52(49-27-14-12-25-47(49)51)45-31-17-29-43-42(28-16-30-44(43)45)37-19-8-6-9-20-37/h2,4-8,10-19,21-35H,1,3,9,20H2/b4-2-,10-5-,18-7-,41-23+. The highest BCUT2D eigenvalue weighted by Crippen LogP contribution is 2.46. The predicted molar refractivity (Wildman–Crippen MR) is 229 cm³/mol. The number of hydrogen-bond donors (Lipinski definition) is 0. The molecule has 1 heterocycles. The molecule has 252 valence electrons. The van der Waals surface area contributed by atoms with Gasteiger partial charge in [-0.15, -0.1) is 0 Å². The molecule has 0 unspecified atom stereocenters. The minimum Gasteiger partial charge on any atom is -0.256 e. The number of benzene rings is 6. The van der Waals surface area contributed by atoms with Gasteiger partial charge in [0.25, 0.3) is 0 Å². The normalized spacial score (nSPS) is 17.3. The van der Waals surface area contributed by atoms with Crippen molar-refractivity contribution in [1.82, 2.24) is 4.98 Å². The number of rotatable bonds is 5. The van der Waals surface area contributed by atoms with Crippen LogP contribution in [0.1, 0.15) is 30.5 Å². The molecule has 0 radical (unpaired) electrons. The zero-order valence-corrected chi connectivity index (χ0v) is 29.7. The molecule has 2 aliphatic rings. The van der Waals surface area contributed by atoms with E-state index in [0.717, 1.165) is 47.2 Å². The molecule has 6 aromatic carbocycles. The highest BCUT2D eigenvalue weighted by atomic mass is 14.7. The molecule has 0 N–H and O–H groups in total. The smallest absolute Gasteiger partial charge is 0.0713 e. The molecule has 0 saturated heterocycles. The number of nitrogens with zero attached hydrogens (tertiary/aromatic N) is 1. The Kier molecular flexibility index (Phi) is 8.67. The molecule has 0 bridgehead atoms. The fourth-order valence-corrected chi connectivity index (χ4v) is 8.07. The van der Waals surface area contributed by atoms with E-state index in [-0.39, 0.29) is 0 Å². The van der Waals surface area contributed by atoms with E-state index in [4.69, 9.17) is 4.98 Å². The molecule has 1 nitrogen and oxygen atoms in total. The van der Waals surface area contributed by atoms with E-state index in [9.17, 15) is 0 Å². The van der Waals surface area contributed by atoms with Gasteiger partial charge in [0.15, 0.2) is 0 Å². The Hall–Kier alpha value is -6.57. The molecule has 53 heavy (non-hydrogen) atoms. The first kappa shape index (κ1) is 32.3. The van der Waals surface area contributed by atoms with Crippen LogP contribution in [0.15, 0.2) is 200 Å². The van der Waals surface area contributed by atoms with Crippen LogP contribution in [-0.2, 0) is 0 Å². The lowest BCUT2D eigenvalue weighted by atomic mass is 9.83. The molecular weight excluding hydrogens is 639 g/mol. The first-order valence-corrected chi connectivity index (χ1v) is 18.5. The number of hydrogen-bond acceptors (Lipinski definition) is 1. The zero-order valence-electron chi connectivity index (χ0n) is 29.7. The number of allylic oxidation sites excluding steroid dienone is 13. The lowest BCUT2D eigenvalue weighted by Gasteiger charge is -2.20. The van der Waals surface area contributed by atoms with Crippen LogP contribution in [0.2, 0.25) is 0 Å². The molecule has 0 spiro atoms. The highest BCUT2D eigenvalue weighted by molar-refractivity contribution is 6.24. The Morgan fingerprint density at radius 1 is 0.491 bits per heavy atom. The highest BCUT2D eigenvalue weighted by Gasteiger charge is 2.19. The van der Waals surface area contributed by atoms with Crippen molar-refractivity contribution in [3.05, 3.63) is 212 Å². The second kappa shape index (κ2) is 14.2. The SMILES string of the molecule is C=C1/C=C\C=C/C/C=C\C=C/1c1cc(-c2cccc(-c3c4ccccc4c(-c4cccc5c(C6=CC=CCC6)cccc45)c4ccccc34)c2)ccn1. The minimum atomic E-state index is 0.893. The molecule has 0 aliphatic heterocycles. The van der Waals surface area contributed by atoms with Gasteiger partial charge in [-0.25, -0.2) is 0 Å². The lowest BCUT2D eigenvalue weighted by Crippen LogP contribution is -1.94. The quantitative estimate of drug-likeness (QED) is 0.165. The van der Waals surface area contributed by atoms with E-state index >= 15 is 0 Å². The van der Waals surface area contributed by atoms with Gasteiger partial charge in [-0.2, -0.15) is 0 Å². The van der Waals surface area contributed by atoms with Crippen molar-refractivity contribution in [1.29, 1.82) is 0 Å². The van der Waals surface area contributed by atoms with Crippen LogP contribution < -0.4 is 0 Å². The summed E-state index contributed by atoms with van der Waals surface area (Å²) in [7, 11) is 0. The molecule has 2 aliphatic carbocycles. The molecule has 7 aromatic rings. The fraction of sp³-hybridized carbons (Fsp3) is 0.0577. The van der Waals surface area contributed by atoms with Crippen LogP contribution in [-0.4, -0.2) is 4.98 Å². The third-order valence-corrected chi connectivity index (χ3v) is 10.6. The van der Waals surface area contributed by atoms with Crippen LogP contribution in [0.5, 0.6) is 0 Å². The van der Waals surface area contributed by atoms with Crippen molar-refractivity contribution in [2.75, 3.05) is 0 Å². The summed E-state index contributed by atoms with van der Waals surface area (Å²) in [5, 5.41) is 7.60. The molecule has 0 amide bonds. The number of aromatic nitrogens is 1. The molecule has 0 atom stereocenters. The third kappa shape index (κ3) is 6.11. The molecule has 1 heteroatoms. The zero-order chi connectivity index (χ0) is 35.6. The van der Waals surface area contributed by atoms with Crippen LogP contribution in [0.25, 0.3) is 76.8 Å². The first-order valence-electron chi connectivity index (χ1n) is 18.5. The van der Waals surface area contributed by atoms with Crippen molar-refractivity contribution in [3.8, 4) is 33.4 Å². The predicted octanol–water partition coefficient (Wildman–Crippen LogP) is 14.3. The average molecular weight is 678 g/mol. The summed E-state index contributed by atoms with van der Waals surface area (Å²) in [5.41, 5.74) is 12.9. The monoisotopic (exact) mass is 677 g/mol. The summed E-state index contributed by atoms with van der Waals surface area (Å²) < 4.78 is 0. The summed E-state index contributed by atoms with van der Waals surface area (Å²) >= 11 is 0. The Labute approximate surface area is 311 Å². The summed E-state index contributed by atoms with van der Waals surface area (Å²) in [6.07, 6.45) is 26.4. The summed E-state index contributed by atoms with van der Waals surface area (Å²) in [4.78, 5) is 4.80. The van der Waals surface area contributed by atoms with Crippen molar-refractivity contribution in [3.63, 3.8) is 0 Å². The summed E-state index contributed by atoms with van der Waals surface area (Å²) in [6, 6.07) is 44.8. The van der Waals surface area contributed by atoms with Gasteiger partial charge >= 0.3 is 0 Å². The largest absolute Gasteiger partial charge is 0.256 e. The third-order valence-electron chi connectivity index (χ3n) is 10.6. The van der Waals surface area contributed by atoms with Crippen molar-refractivity contribution in [2.45, 2.75) is 19.3 Å². The maximum Gasteiger partial charge on any atom is 0.0713 e. The maximum atomic E-state index is 4.80. The topological polar surface area (TPSA) is 12.9 Å². The van der Waals surface area contributed by atoms with Gasteiger partial charge in [-0.1, -0.05) is 170 Å². The average Bonchev–Trinajstić information content (AvgIpc) is 3.22. The van der Waals surface area contributed by atoms with Crippen LogP contribution >= 0.6 is 0 Å². The van der Waals surface area contributed by atoms with Crippen LogP contribution in [0.3, 0.4) is 0 Å². The lowest BCUT2D eigenvalue weighted by molar-refractivity contribution is 1.06. The molecule has 1 aromatic heterocycles. The van der Waals surface area contributed by atoms with Crippen LogP contribution in [0.4, 0.5) is 0 Å². The van der Waals surface area contributed by atoms with Gasteiger partial charge in [-0.05, 0) is 120 Å². The fourth-order valence-electron chi connectivity index (χ4n) is 8.07. The second-order valence-corrected chi connectivity index (χ2v) is 13.8. The van der Waals surface area contributed by atoms with E-state index in [1.54, 1.807) is 0 Å². The van der Waals surface area contributed by atoms with Gasteiger partial charge in [0.1, 0.15) is 0 Å². The Morgan fingerprint density at radius 3 is 1.87 bits per heavy atom. The molecule has 0 saturated carbocycles. The summed E-state index contributed by atoms with van der Waals surface area (Å²) in [5.74, 6) is 0. The second-order valence-electron chi connectivity index (χ2n) is 13.8. The number of pyridine rings is 1. The van der Waals surface area contributed by atoms with Crippen LogP contribution in [0, 0.1) is 0 Å². The Morgan fingerprint density at radius 2 is 1.11 bits per heavy atom. The van der Waals surface area contributed by atoms with E-state index in [2.05, 4.69) is 183 Å². The van der Waals surface area contributed by atoms with Gasteiger partial charge in [0.2, 0.25) is 0 Å². The van der Waals surface area contributed by atoms with E-state index in [1.807, 2.05) is 12.3 Å². The van der Waals surface area contributed by atoms with Gasteiger partial charge < -0.3 is 0 Å². The maximum absolute atomic E-state index is 4.80. The number of fused-ring (bicyclic) bond motifs is 3.